The lowest BCUT2D eigenvalue weighted by Crippen LogP contribution is -2.33. The molecule has 7 aromatic rings. The fourth-order valence-electron chi connectivity index (χ4n) is 6.62. The molecule has 0 saturated heterocycles. The number of anilines is 3. The van der Waals surface area contributed by atoms with Crippen molar-refractivity contribution in [3.63, 3.8) is 0 Å². The number of nitrogens with zero attached hydrogens (tertiary/aromatic N) is 4. The van der Waals surface area contributed by atoms with Crippen molar-refractivity contribution >= 4 is 38.9 Å². The number of aryl methyl sites for hydroxylation is 1. The molecule has 0 spiro atoms. The van der Waals surface area contributed by atoms with Crippen LogP contribution in [-0.2, 0) is 0 Å². The summed E-state index contributed by atoms with van der Waals surface area (Å²) in [6.45, 7) is 7.44. The average Bonchev–Trinajstić information content (AvgIpc) is 3.62. The van der Waals surface area contributed by atoms with Crippen molar-refractivity contribution in [2.75, 3.05) is 16.5 Å². The topological polar surface area (TPSA) is 33.5 Å². The van der Waals surface area contributed by atoms with E-state index in [0.29, 0.717) is 6.04 Å². The zero-order valence-electron chi connectivity index (χ0n) is 25.7. The van der Waals surface area contributed by atoms with Crippen molar-refractivity contribution in [3.05, 3.63) is 139 Å². The smallest absolute Gasteiger partial charge is 0.138 e. The minimum Gasteiger partial charge on any atom is -0.457 e. The molecule has 0 radical (unpaired) electrons. The summed E-state index contributed by atoms with van der Waals surface area (Å²) >= 11 is 0. The zero-order chi connectivity index (χ0) is 30.5. The Balaban J connectivity index is 1.19. The monoisotopic (exact) mass is 586 g/mol. The molecular weight excluding hydrogens is 552 g/mol. The highest BCUT2D eigenvalue weighted by Crippen LogP contribution is 2.42. The van der Waals surface area contributed by atoms with Gasteiger partial charge in [0.05, 0.1) is 29.1 Å². The van der Waals surface area contributed by atoms with Gasteiger partial charge < -0.3 is 14.5 Å². The number of rotatable bonds is 6. The van der Waals surface area contributed by atoms with Crippen molar-refractivity contribution in [1.82, 2.24) is 9.55 Å². The third kappa shape index (κ3) is 4.68. The molecule has 5 nitrogen and oxygen atoms in total. The van der Waals surface area contributed by atoms with Crippen molar-refractivity contribution in [1.29, 1.82) is 0 Å². The molecule has 0 N–H and O–H groups in total. The van der Waals surface area contributed by atoms with E-state index in [-0.39, 0.29) is 0 Å². The van der Waals surface area contributed by atoms with E-state index in [9.17, 15) is 0 Å². The Kier molecular flexibility index (Phi) is 6.53. The molecule has 2 aromatic heterocycles. The molecule has 1 aliphatic rings. The summed E-state index contributed by atoms with van der Waals surface area (Å²) in [4.78, 5) is 9.64. The van der Waals surface area contributed by atoms with Gasteiger partial charge in [-0.15, -0.1) is 0 Å². The number of fused-ring (bicyclic) bond motifs is 4. The van der Waals surface area contributed by atoms with Gasteiger partial charge in [-0.05, 0) is 92.1 Å². The third-order valence-corrected chi connectivity index (χ3v) is 8.84. The molecule has 220 valence electrons. The van der Waals surface area contributed by atoms with Crippen LogP contribution < -0.4 is 14.5 Å². The first-order chi connectivity index (χ1) is 22.0. The lowest BCUT2D eigenvalue weighted by atomic mass is 10.0. The lowest BCUT2D eigenvalue weighted by Gasteiger charge is -2.25. The van der Waals surface area contributed by atoms with E-state index in [1.54, 1.807) is 0 Å². The summed E-state index contributed by atoms with van der Waals surface area (Å²) in [7, 11) is 0. The summed E-state index contributed by atoms with van der Waals surface area (Å²) in [5.41, 5.74) is 9.35. The van der Waals surface area contributed by atoms with E-state index < -0.39 is 0 Å². The Hall–Kier alpha value is -5.55. The third-order valence-electron chi connectivity index (χ3n) is 8.84. The number of hydrogen-bond donors (Lipinski definition) is 0. The Morgan fingerprint density at radius 1 is 0.667 bits per heavy atom. The summed E-state index contributed by atoms with van der Waals surface area (Å²) in [6.07, 6.45) is 1.90. The largest absolute Gasteiger partial charge is 0.457 e. The van der Waals surface area contributed by atoms with Crippen LogP contribution in [0.3, 0.4) is 0 Å². The van der Waals surface area contributed by atoms with Crippen LogP contribution in [0.1, 0.15) is 19.4 Å². The molecule has 1 aliphatic heterocycles. The van der Waals surface area contributed by atoms with Crippen LogP contribution in [0.15, 0.2) is 134 Å². The Bertz CT molecular complexity index is 2200. The molecule has 3 heterocycles. The van der Waals surface area contributed by atoms with E-state index in [0.717, 1.165) is 51.7 Å². The molecular formula is C40H34N4O. The second-order valence-electron chi connectivity index (χ2n) is 12.0. The van der Waals surface area contributed by atoms with E-state index in [1.165, 1.54) is 27.9 Å². The van der Waals surface area contributed by atoms with Gasteiger partial charge >= 0.3 is 0 Å². The Morgan fingerprint density at radius 2 is 1.42 bits per heavy atom. The standard InChI is InChI=1S/C40H34N4O/c1-27(2)42-26-43(38-18-9-8-17-37(38)42)30-12-10-13-31(24-30)45-32-19-20-35-34-15-6-7-16-36(34)44(39(35)25-32)40-23-29(21-22-41-40)33-14-5-4-11-28(33)3/h4-25,27H,26H2,1-3H3. The van der Waals surface area contributed by atoms with Crippen molar-refractivity contribution in [2.45, 2.75) is 26.8 Å². The van der Waals surface area contributed by atoms with Crippen LogP contribution in [0.25, 0.3) is 38.8 Å². The summed E-state index contributed by atoms with van der Waals surface area (Å²) in [5.74, 6) is 2.46. The highest BCUT2D eigenvalue weighted by atomic mass is 16.5. The van der Waals surface area contributed by atoms with Crippen LogP contribution in [0.5, 0.6) is 11.5 Å². The van der Waals surface area contributed by atoms with E-state index >= 15 is 0 Å². The first kappa shape index (κ1) is 27.0. The summed E-state index contributed by atoms with van der Waals surface area (Å²) in [5, 5.41) is 2.35. The number of benzene rings is 5. The van der Waals surface area contributed by atoms with Crippen molar-refractivity contribution < 1.29 is 4.74 Å². The maximum absolute atomic E-state index is 6.57. The maximum Gasteiger partial charge on any atom is 0.138 e. The van der Waals surface area contributed by atoms with Crippen molar-refractivity contribution in [3.8, 4) is 28.4 Å². The Labute approximate surface area is 263 Å². The van der Waals surface area contributed by atoms with Gasteiger partial charge in [0, 0.05) is 40.8 Å². The molecule has 0 bridgehead atoms. The second-order valence-corrected chi connectivity index (χ2v) is 12.0. The molecule has 0 fully saturated rings. The summed E-state index contributed by atoms with van der Waals surface area (Å²) in [6, 6.07) is 45.0. The van der Waals surface area contributed by atoms with E-state index in [4.69, 9.17) is 9.72 Å². The van der Waals surface area contributed by atoms with Crippen molar-refractivity contribution in [2.24, 2.45) is 0 Å². The van der Waals surface area contributed by atoms with Crippen LogP contribution in [-0.4, -0.2) is 22.3 Å². The van der Waals surface area contributed by atoms with Crippen LogP contribution in [0.4, 0.5) is 17.1 Å². The Morgan fingerprint density at radius 3 is 2.29 bits per heavy atom. The van der Waals surface area contributed by atoms with Gasteiger partial charge in [0.15, 0.2) is 0 Å². The minimum absolute atomic E-state index is 0.404. The second kappa shape index (κ2) is 10.9. The van der Waals surface area contributed by atoms with Crippen LogP contribution >= 0.6 is 0 Å². The number of para-hydroxylation sites is 3. The van der Waals surface area contributed by atoms with Gasteiger partial charge in [-0.25, -0.2) is 4.98 Å². The molecule has 0 atom stereocenters. The number of ether oxygens (including phenoxy) is 1. The molecule has 8 rings (SSSR count). The van der Waals surface area contributed by atoms with E-state index in [2.05, 4.69) is 156 Å². The van der Waals surface area contributed by atoms with Gasteiger partial charge in [-0.1, -0.05) is 60.7 Å². The molecule has 0 saturated carbocycles. The quantitative estimate of drug-likeness (QED) is 0.194. The zero-order valence-corrected chi connectivity index (χ0v) is 25.7. The van der Waals surface area contributed by atoms with E-state index in [1.807, 2.05) is 12.3 Å². The van der Waals surface area contributed by atoms with Gasteiger partial charge in [0.25, 0.3) is 0 Å². The lowest BCUT2D eigenvalue weighted by molar-refractivity contribution is 0.483. The normalized spacial score (nSPS) is 12.8. The first-order valence-corrected chi connectivity index (χ1v) is 15.5. The average molecular weight is 587 g/mol. The molecule has 0 aliphatic carbocycles. The summed E-state index contributed by atoms with van der Waals surface area (Å²) < 4.78 is 8.82. The molecule has 0 amide bonds. The van der Waals surface area contributed by atoms with Crippen LogP contribution in [0.2, 0.25) is 0 Å². The maximum atomic E-state index is 6.57. The molecule has 45 heavy (non-hydrogen) atoms. The molecule has 5 heteroatoms. The van der Waals surface area contributed by atoms with Gasteiger partial charge in [-0.2, -0.15) is 0 Å². The number of aromatic nitrogens is 2. The predicted molar refractivity (Wildman–Crippen MR) is 186 cm³/mol. The molecule has 0 unspecified atom stereocenters. The SMILES string of the molecule is Cc1ccccc1-c1ccnc(-n2c3ccccc3c3ccc(Oc4cccc(N5CN(C(C)C)c6ccccc65)c4)cc32)c1. The molecule has 5 aromatic carbocycles. The van der Waals surface area contributed by atoms with Crippen LogP contribution in [0, 0.1) is 6.92 Å². The minimum atomic E-state index is 0.404. The van der Waals surface area contributed by atoms with Gasteiger partial charge in [0.2, 0.25) is 0 Å². The highest BCUT2D eigenvalue weighted by molar-refractivity contribution is 6.09. The number of hydrogen-bond acceptors (Lipinski definition) is 4. The predicted octanol–water partition coefficient (Wildman–Crippen LogP) is 10.3. The fourth-order valence-corrected chi connectivity index (χ4v) is 6.62. The fraction of sp³-hybridized carbons (Fsp3) is 0.125. The highest BCUT2D eigenvalue weighted by Gasteiger charge is 2.28. The number of pyridine rings is 1. The van der Waals surface area contributed by atoms with Gasteiger partial charge in [-0.3, -0.25) is 4.57 Å². The van der Waals surface area contributed by atoms with Gasteiger partial charge in [0.1, 0.15) is 17.3 Å². The first-order valence-electron chi connectivity index (χ1n) is 15.5.